The van der Waals surface area contributed by atoms with Crippen LogP contribution in [0.15, 0.2) is 71.8 Å². The number of hydrogen-bond donors (Lipinski definition) is 0. The highest BCUT2D eigenvalue weighted by molar-refractivity contribution is 5.77. The fourth-order valence-corrected chi connectivity index (χ4v) is 4.38. The minimum atomic E-state index is -0.106. The van der Waals surface area contributed by atoms with E-state index in [0.29, 0.717) is 29.1 Å². The fraction of sp³-hybridized carbons (Fsp3) is 0.240. The number of piperazine rings is 1. The van der Waals surface area contributed by atoms with E-state index in [1.807, 2.05) is 30.3 Å². The van der Waals surface area contributed by atoms with Gasteiger partial charge in [-0.25, -0.2) is 9.97 Å². The molecular formula is C25H23N5O3. The van der Waals surface area contributed by atoms with Crippen molar-refractivity contribution >= 4 is 22.5 Å². The number of benzene rings is 2. The number of anilines is 2. The van der Waals surface area contributed by atoms with E-state index in [2.05, 4.69) is 39.0 Å². The van der Waals surface area contributed by atoms with Gasteiger partial charge in [-0.15, -0.1) is 0 Å². The van der Waals surface area contributed by atoms with Crippen molar-refractivity contribution in [3.63, 3.8) is 0 Å². The van der Waals surface area contributed by atoms with Gasteiger partial charge < -0.3 is 23.8 Å². The lowest BCUT2D eigenvalue weighted by molar-refractivity contribution is 0.174. The standard InChI is InChI=1S/C25H23N5O3/c31-24-20-15-26-25(29-12-10-28(11-13-29)19-4-2-1-3-5-19)27-21(20)8-9-30(24)16-18-6-7-22-23(14-18)33-17-32-22/h1-9,14-15H,10-13,16-17H2. The van der Waals surface area contributed by atoms with Gasteiger partial charge in [-0.05, 0) is 35.9 Å². The first-order chi connectivity index (χ1) is 16.2. The highest BCUT2D eigenvalue weighted by atomic mass is 16.7. The summed E-state index contributed by atoms with van der Waals surface area (Å²) >= 11 is 0. The summed E-state index contributed by atoms with van der Waals surface area (Å²) in [5.74, 6) is 2.11. The van der Waals surface area contributed by atoms with Crippen LogP contribution in [0.2, 0.25) is 0 Å². The Labute approximate surface area is 190 Å². The zero-order chi connectivity index (χ0) is 22.2. The van der Waals surface area contributed by atoms with Crippen molar-refractivity contribution in [2.24, 2.45) is 0 Å². The van der Waals surface area contributed by atoms with Gasteiger partial charge in [0.1, 0.15) is 0 Å². The minimum absolute atomic E-state index is 0.106. The molecule has 1 saturated heterocycles. The molecule has 0 bridgehead atoms. The van der Waals surface area contributed by atoms with Crippen LogP contribution < -0.4 is 24.8 Å². The maximum atomic E-state index is 13.1. The number of hydrogen-bond acceptors (Lipinski definition) is 7. The van der Waals surface area contributed by atoms with Crippen LogP contribution in [-0.2, 0) is 6.54 Å². The number of rotatable bonds is 4. The predicted molar refractivity (Wildman–Crippen MR) is 126 cm³/mol. The third kappa shape index (κ3) is 3.73. The third-order valence-electron chi connectivity index (χ3n) is 6.18. The van der Waals surface area contributed by atoms with Gasteiger partial charge in [0, 0.05) is 44.3 Å². The normalized spacial score (nSPS) is 15.3. The van der Waals surface area contributed by atoms with Gasteiger partial charge in [0.25, 0.3) is 5.56 Å². The maximum absolute atomic E-state index is 13.1. The second-order valence-electron chi connectivity index (χ2n) is 8.21. The van der Waals surface area contributed by atoms with Gasteiger partial charge in [-0.1, -0.05) is 24.3 Å². The van der Waals surface area contributed by atoms with Crippen molar-refractivity contribution < 1.29 is 9.47 Å². The molecule has 8 heteroatoms. The van der Waals surface area contributed by atoms with Crippen molar-refractivity contribution in [3.8, 4) is 11.5 Å². The molecule has 0 atom stereocenters. The molecule has 0 unspecified atom stereocenters. The van der Waals surface area contributed by atoms with Crippen LogP contribution in [-0.4, -0.2) is 47.5 Å². The highest BCUT2D eigenvalue weighted by Gasteiger charge is 2.20. The van der Waals surface area contributed by atoms with Crippen LogP contribution in [0.1, 0.15) is 5.56 Å². The van der Waals surface area contributed by atoms with E-state index in [9.17, 15) is 4.79 Å². The molecule has 0 radical (unpaired) electrons. The van der Waals surface area contributed by atoms with Crippen molar-refractivity contribution in [2.75, 3.05) is 42.8 Å². The molecule has 0 N–H and O–H groups in total. The lowest BCUT2D eigenvalue weighted by Gasteiger charge is -2.36. The Morgan fingerprint density at radius 1 is 0.879 bits per heavy atom. The van der Waals surface area contributed by atoms with Crippen molar-refractivity contribution in [1.29, 1.82) is 0 Å². The lowest BCUT2D eigenvalue weighted by atomic mass is 10.2. The summed E-state index contributed by atoms with van der Waals surface area (Å²) in [6.45, 7) is 4.15. The molecule has 6 rings (SSSR count). The Morgan fingerprint density at radius 3 is 2.52 bits per heavy atom. The molecule has 2 aromatic carbocycles. The highest BCUT2D eigenvalue weighted by Crippen LogP contribution is 2.32. The van der Waals surface area contributed by atoms with Gasteiger partial charge in [-0.2, -0.15) is 0 Å². The van der Waals surface area contributed by atoms with Crippen LogP contribution in [0, 0.1) is 0 Å². The topological polar surface area (TPSA) is 72.7 Å². The maximum Gasteiger partial charge on any atom is 0.261 e. The molecule has 166 valence electrons. The van der Waals surface area contributed by atoms with E-state index < -0.39 is 0 Å². The molecule has 8 nitrogen and oxygen atoms in total. The van der Waals surface area contributed by atoms with Gasteiger partial charge >= 0.3 is 0 Å². The summed E-state index contributed by atoms with van der Waals surface area (Å²) in [5, 5.41) is 0.518. The number of para-hydroxylation sites is 1. The first-order valence-electron chi connectivity index (χ1n) is 11.0. The summed E-state index contributed by atoms with van der Waals surface area (Å²) in [7, 11) is 0. The van der Waals surface area contributed by atoms with Crippen molar-refractivity contribution in [1.82, 2.24) is 14.5 Å². The fourth-order valence-electron chi connectivity index (χ4n) is 4.38. The van der Waals surface area contributed by atoms with Crippen LogP contribution >= 0.6 is 0 Å². The summed E-state index contributed by atoms with van der Waals surface area (Å²) in [4.78, 5) is 26.8. The third-order valence-corrected chi connectivity index (χ3v) is 6.18. The Bertz CT molecular complexity index is 1360. The first-order valence-corrected chi connectivity index (χ1v) is 11.0. The Balaban J connectivity index is 1.20. The summed E-state index contributed by atoms with van der Waals surface area (Å²) in [5.41, 5.74) is 2.76. The zero-order valence-corrected chi connectivity index (χ0v) is 18.1. The number of ether oxygens (including phenoxy) is 2. The van der Waals surface area contributed by atoms with Gasteiger partial charge in [-0.3, -0.25) is 4.79 Å². The molecule has 2 aliphatic rings. The molecule has 0 spiro atoms. The summed E-state index contributed by atoms with van der Waals surface area (Å²) in [6, 6.07) is 18.0. The van der Waals surface area contributed by atoms with E-state index in [4.69, 9.17) is 14.5 Å². The molecule has 0 aliphatic carbocycles. The van der Waals surface area contributed by atoms with Gasteiger partial charge in [0.05, 0.1) is 17.4 Å². The molecule has 0 saturated carbocycles. The molecule has 4 heterocycles. The average molecular weight is 441 g/mol. The minimum Gasteiger partial charge on any atom is -0.454 e. The number of fused-ring (bicyclic) bond motifs is 2. The molecule has 0 amide bonds. The second kappa shape index (κ2) is 8.12. The van der Waals surface area contributed by atoms with E-state index in [1.165, 1.54) is 5.69 Å². The Kier molecular flexibility index (Phi) is 4.83. The molecule has 4 aromatic rings. The monoisotopic (exact) mass is 441 g/mol. The Morgan fingerprint density at radius 2 is 1.67 bits per heavy atom. The molecule has 2 aromatic heterocycles. The van der Waals surface area contributed by atoms with Crippen molar-refractivity contribution in [3.05, 3.63) is 82.9 Å². The van der Waals surface area contributed by atoms with Gasteiger partial charge in [0.2, 0.25) is 12.7 Å². The van der Waals surface area contributed by atoms with Crippen LogP contribution in [0.3, 0.4) is 0 Å². The molecule has 33 heavy (non-hydrogen) atoms. The molecular weight excluding hydrogens is 418 g/mol. The van der Waals surface area contributed by atoms with E-state index >= 15 is 0 Å². The predicted octanol–water partition coefficient (Wildman–Crippen LogP) is 2.90. The summed E-state index contributed by atoms with van der Waals surface area (Å²) < 4.78 is 12.5. The zero-order valence-electron chi connectivity index (χ0n) is 18.1. The van der Waals surface area contributed by atoms with E-state index in [-0.39, 0.29) is 12.4 Å². The van der Waals surface area contributed by atoms with Crippen LogP contribution in [0.25, 0.3) is 10.9 Å². The van der Waals surface area contributed by atoms with E-state index in [0.717, 1.165) is 37.5 Å². The first kappa shape index (κ1) is 19.6. The average Bonchev–Trinajstić information content (AvgIpc) is 3.34. The largest absolute Gasteiger partial charge is 0.454 e. The SMILES string of the molecule is O=c1c2cnc(N3CCN(c4ccccc4)CC3)nc2ccn1Cc1ccc2c(c1)OCO2. The van der Waals surface area contributed by atoms with Crippen LogP contribution in [0.4, 0.5) is 11.6 Å². The lowest BCUT2D eigenvalue weighted by Crippen LogP contribution is -2.47. The molecule has 2 aliphatic heterocycles. The number of aromatic nitrogens is 3. The van der Waals surface area contributed by atoms with Gasteiger partial charge in [0.15, 0.2) is 11.5 Å². The summed E-state index contributed by atoms with van der Waals surface area (Å²) in [6.07, 6.45) is 3.44. The molecule has 1 fully saturated rings. The number of pyridine rings is 1. The van der Waals surface area contributed by atoms with Crippen LogP contribution in [0.5, 0.6) is 11.5 Å². The quantitative estimate of drug-likeness (QED) is 0.482. The Hall–Kier alpha value is -4.07. The second-order valence-corrected chi connectivity index (χ2v) is 8.21. The number of nitrogens with zero attached hydrogens (tertiary/aromatic N) is 5. The smallest absolute Gasteiger partial charge is 0.261 e. The van der Waals surface area contributed by atoms with E-state index in [1.54, 1.807) is 17.0 Å². The van der Waals surface area contributed by atoms with Crippen molar-refractivity contribution in [2.45, 2.75) is 6.54 Å².